The molecule has 1 N–H and O–H groups in total. The molecule has 25 heavy (non-hydrogen) atoms. The van der Waals surface area contributed by atoms with Crippen molar-refractivity contribution in [2.45, 2.75) is 45.6 Å². The highest BCUT2D eigenvalue weighted by Gasteiger charge is 2.19. The first-order valence-corrected chi connectivity index (χ1v) is 10.6. The summed E-state index contributed by atoms with van der Waals surface area (Å²) in [4.78, 5) is 11.9. The van der Waals surface area contributed by atoms with Crippen molar-refractivity contribution < 1.29 is 17.9 Å². The Balaban J connectivity index is 1.87. The third-order valence-electron chi connectivity index (χ3n) is 4.49. The number of anilines is 1. The number of rotatable bonds is 8. The van der Waals surface area contributed by atoms with Crippen LogP contribution in [-0.2, 0) is 19.6 Å². The Bertz CT molecular complexity index is 697. The highest BCUT2D eigenvalue weighted by atomic mass is 32.2. The van der Waals surface area contributed by atoms with Gasteiger partial charge in [0.2, 0.25) is 15.9 Å². The molecular weight excluding hydrogens is 340 g/mol. The number of aryl methyl sites for hydroxylation is 2. The molecule has 0 saturated carbocycles. The normalized spacial score (nSPS) is 17.5. The fourth-order valence-corrected chi connectivity index (χ4v) is 3.83. The van der Waals surface area contributed by atoms with Gasteiger partial charge in [0.1, 0.15) is 0 Å². The number of ether oxygens (including phenoxy) is 1. The van der Waals surface area contributed by atoms with Crippen LogP contribution in [0.2, 0.25) is 0 Å². The molecule has 6 nitrogen and oxygen atoms in total. The van der Waals surface area contributed by atoms with Gasteiger partial charge in [-0.1, -0.05) is 6.07 Å². The third-order valence-corrected chi connectivity index (χ3v) is 5.69. The summed E-state index contributed by atoms with van der Waals surface area (Å²) in [7, 11) is -3.39. The maximum atomic E-state index is 12.1. The van der Waals surface area contributed by atoms with E-state index in [2.05, 4.69) is 5.32 Å². The van der Waals surface area contributed by atoms with E-state index in [1.807, 2.05) is 26.0 Å². The molecule has 0 bridgehead atoms. The summed E-state index contributed by atoms with van der Waals surface area (Å²) >= 11 is 0. The average molecular weight is 368 g/mol. The maximum absolute atomic E-state index is 12.1. The Morgan fingerprint density at radius 2 is 2.08 bits per heavy atom. The molecule has 2 rings (SSSR count). The molecule has 1 heterocycles. The zero-order chi connectivity index (χ0) is 18.4. The van der Waals surface area contributed by atoms with E-state index in [4.69, 9.17) is 4.74 Å². The third kappa shape index (κ3) is 6.01. The highest BCUT2D eigenvalue weighted by molar-refractivity contribution is 7.92. The number of sulfonamides is 1. The summed E-state index contributed by atoms with van der Waals surface area (Å²) in [6.45, 7) is 5.53. The van der Waals surface area contributed by atoms with Crippen molar-refractivity contribution in [1.82, 2.24) is 5.32 Å². The molecule has 1 aromatic carbocycles. The van der Waals surface area contributed by atoms with Crippen LogP contribution in [0.4, 0.5) is 5.69 Å². The lowest BCUT2D eigenvalue weighted by Crippen LogP contribution is -2.34. The first-order chi connectivity index (χ1) is 11.8. The van der Waals surface area contributed by atoms with Crippen molar-refractivity contribution in [1.29, 1.82) is 0 Å². The largest absolute Gasteiger partial charge is 0.376 e. The van der Waals surface area contributed by atoms with Crippen LogP contribution >= 0.6 is 0 Å². The van der Waals surface area contributed by atoms with Gasteiger partial charge in [-0.05, 0) is 56.4 Å². The second-order valence-corrected chi connectivity index (χ2v) is 8.55. The zero-order valence-electron chi connectivity index (χ0n) is 15.2. The fourth-order valence-electron chi connectivity index (χ4n) is 2.87. The van der Waals surface area contributed by atoms with Gasteiger partial charge in [-0.3, -0.25) is 9.10 Å². The first-order valence-electron chi connectivity index (χ1n) is 8.70. The van der Waals surface area contributed by atoms with Crippen LogP contribution in [0.3, 0.4) is 0 Å². The van der Waals surface area contributed by atoms with E-state index in [1.54, 1.807) is 6.07 Å². The van der Waals surface area contributed by atoms with E-state index >= 15 is 0 Å². The first kappa shape index (κ1) is 19.7. The van der Waals surface area contributed by atoms with Crippen molar-refractivity contribution in [3.05, 3.63) is 29.3 Å². The summed E-state index contributed by atoms with van der Waals surface area (Å²) < 4.78 is 31.1. The lowest BCUT2D eigenvalue weighted by Gasteiger charge is -2.23. The van der Waals surface area contributed by atoms with E-state index in [9.17, 15) is 13.2 Å². The summed E-state index contributed by atoms with van der Waals surface area (Å²) in [6.07, 6.45) is 4.10. The standard InChI is InChI=1S/C18H28N2O4S/c1-14-8-9-16(12-15(14)2)20(25(3,22)23)10-4-7-18(21)19-13-17-6-5-11-24-17/h8-9,12,17H,4-7,10-11,13H2,1-3H3,(H,19,21)/t17-/m0/s1. The van der Waals surface area contributed by atoms with Gasteiger partial charge in [-0.2, -0.15) is 0 Å². The van der Waals surface area contributed by atoms with Crippen LogP contribution < -0.4 is 9.62 Å². The molecule has 1 atom stereocenters. The van der Waals surface area contributed by atoms with Gasteiger partial charge < -0.3 is 10.1 Å². The number of amides is 1. The number of nitrogens with zero attached hydrogens (tertiary/aromatic N) is 1. The van der Waals surface area contributed by atoms with Gasteiger partial charge in [-0.25, -0.2) is 8.42 Å². The topological polar surface area (TPSA) is 75.7 Å². The predicted octanol–water partition coefficient (Wildman–Crippen LogP) is 2.14. The molecule has 0 unspecified atom stereocenters. The number of carbonyl (C=O) groups is 1. The molecular formula is C18H28N2O4S. The minimum atomic E-state index is -3.39. The van der Waals surface area contributed by atoms with Crippen molar-refractivity contribution in [2.24, 2.45) is 0 Å². The van der Waals surface area contributed by atoms with E-state index in [-0.39, 0.29) is 18.6 Å². The van der Waals surface area contributed by atoms with Crippen LogP contribution in [0, 0.1) is 13.8 Å². The second-order valence-electron chi connectivity index (χ2n) is 6.65. The molecule has 1 fully saturated rings. The monoisotopic (exact) mass is 368 g/mol. The van der Waals surface area contributed by atoms with Crippen LogP contribution in [0.5, 0.6) is 0 Å². The predicted molar refractivity (Wildman–Crippen MR) is 99.3 cm³/mol. The van der Waals surface area contributed by atoms with Crippen molar-refractivity contribution in [3.8, 4) is 0 Å². The average Bonchev–Trinajstić information content (AvgIpc) is 3.05. The highest BCUT2D eigenvalue weighted by Crippen LogP contribution is 2.21. The SMILES string of the molecule is Cc1ccc(N(CCCC(=O)NC[C@@H]2CCCO2)S(C)(=O)=O)cc1C. The molecule has 140 valence electrons. The number of hydrogen-bond donors (Lipinski definition) is 1. The van der Waals surface area contributed by atoms with Gasteiger partial charge in [0.15, 0.2) is 0 Å². The molecule has 0 spiro atoms. The Hall–Kier alpha value is -1.60. The summed E-state index contributed by atoms with van der Waals surface area (Å²) in [6, 6.07) is 5.59. The van der Waals surface area contributed by atoms with Crippen molar-refractivity contribution in [2.75, 3.05) is 30.3 Å². The molecule has 0 aliphatic carbocycles. The van der Waals surface area contributed by atoms with Gasteiger partial charge in [-0.15, -0.1) is 0 Å². The van der Waals surface area contributed by atoms with Crippen LogP contribution in [0.15, 0.2) is 18.2 Å². The lowest BCUT2D eigenvalue weighted by atomic mass is 10.1. The summed E-state index contributed by atoms with van der Waals surface area (Å²) in [5, 5.41) is 2.86. The molecule has 1 aliphatic rings. The Labute approximate surface area is 150 Å². The summed E-state index contributed by atoms with van der Waals surface area (Å²) in [5.74, 6) is -0.0657. The van der Waals surface area contributed by atoms with Gasteiger partial charge in [0.05, 0.1) is 18.0 Å². The molecule has 0 radical (unpaired) electrons. The maximum Gasteiger partial charge on any atom is 0.232 e. The van der Waals surface area contributed by atoms with Gasteiger partial charge in [0, 0.05) is 26.1 Å². The van der Waals surface area contributed by atoms with Crippen molar-refractivity contribution >= 4 is 21.6 Å². The smallest absolute Gasteiger partial charge is 0.232 e. The Morgan fingerprint density at radius 1 is 1.32 bits per heavy atom. The number of carbonyl (C=O) groups excluding carboxylic acids is 1. The number of benzene rings is 1. The fraction of sp³-hybridized carbons (Fsp3) is 0.611. The molecule has 1 aliphatic heterocycles. The minimum Gasteiger partial charge on any atom is -0.376 e. The molecule has 0 aromatic heterocycles. The molecule has 1 aromatic rings. The number of nitrogens with one attached hydrogen (secondary N) is 1. The Kier molecular flexibility index (Phi) is 6.84. The molecule has 1 saturated heterocycles. The number of hydrogen-bond acceptors (Lipinski definition) is 4. The molecule has 7 heteroatoms. The minimum absolute atomic E-state index is 0.0657. The van der Waals surface area contributed by atoms with Crippen molar-refractivity contribution in [3.63, 3.8) is 0 Å². The Morgan fingerprint density at radius 3 is 2.68 bits per heavy atom. The van der Waals surface area contributed by atoms with E-state index < -0.39 is 10.0 Å². The molecule has 1 amide bonds. The van der Waals surface area contributed by atoms with Gasteiger partial charge in [0.25, 0.3) is 0 Å². The zero-order valence-corrected chi connectivity index (χ0v) is 16.1. The quantitative estimate of drug-likeness (QED) is 0.763. The van der Waals surface area contributed by atoms with Crippen LogP contribution in [0.1, 0.15) is 36.8 Å². The van der Waals surface area contributed by atoms with Crippen LogP contribution in [0.25, 0.3) is 0 Å². The summed E-state index contributed by atoms with van der Waals surface area (Å²) in [5.41, 5.74) is 2.80. The van der Waals surface area contributed by atoms with Gasteiger partial charge >= 0.3 is 0 Å². The van der Waals surface area contributed by atoms with E-state index in [1.165, 1.54) is 10.6 Å². The lowest BCUT2D eigenvalue weighted by molar-refractivity contribution is -0.121. The van der Waals surface area contributed by atoms with Crippen LogP contribution in [-0.4, -0.2) is 46.4 Å². The van der Waals surface area contributed by atoms with E-state index in [0.29, 0.717) is 25.1 Å². The second kappa shape index (κ2) is 8.67. The van der Waals surface area contributed by atoms with E-state index in [0.717, 1.165) is 30.6 Å².